The molecule has 2 atom stereocenters. The van der Waals surface area contributed by atoms with Crippen LogP contribution in [0.25, 0.3) is 0 Å². The van der Waals surface area contributed by atoms with Gasteiger partial charge in [0.25, 0.3) is 5.69 Å². The fourth-order valence-corrected chi connectivity index (χ4v) is 2.49. The molecule has 114 valence electrons. The highest BCUT2D eigenvalue weighted by Crippen LogP contribution is 2.33. The van der Waals surface area contributed by atoms with Crippen LogP contribution in [0.5, 0.6) is 0 Å². The Bertz CT molecular complexity index is 582. The first-order valence-corrected chi connectivity index (χ1v) is 6.41. The standard InChI is InChI=1S/C13H15FN2O5/c1-7-5-15(6-8(2)21-7)11-3-9(13(17)18)10(14)4-12(11)16(19)20/h3-4,7-8H,5-6H2,1-2H3,(H,17,18)/t7-,8+. The van der Waals surface area contributed by atoms with E-state index in [0.29, 0.717) is 19.2 Å². The Balaban J connectivity index is 2.51. The summed E-state index contributed by atoms with van der Waals surface area (Å²) in [7, 11) is 0. The lowest BCUT2D eigenvalue weighted by molar-refractivity contribution is -0.384. The number of morpholine rings is 1. The zero-order chi connectivity index (χ0) is 15.7. The summed E-state index contributed by atoms with van der Waals surface area (Å²) in [5, 5.41) is 20.1. The van der Waals surface area contributed by atoms with Crippen LogP contribution in [0.1, 0.15) is 24.2 Å². The van der Waals surface area contributed by atoms with Crippen LogP contribution in [0.3, 0.4) is 0 Å². The summed E-state index contributed by atoms with van der Waals surface area (Å²) in [6.07, 6.45) is -0.321. The predicted octanol–water partition coefficient (Wildman–Crippen LogP) is 2.05. The highest BCUT2D eigenvalue weighted by molar-refractivity contribution is 5.90. The molecule has 1 N–H and O–H groups in total. The molecule has 0 unspecified atom stereocenters. The highest BCUT2D eigenvalue weighted by Gasteiger charge is 2.30. The summed E-state index contributed by atoms with van der Waals surface area (Å²) < 4.78 is 19.2. The van der Waals surface area contributed by atoms with Gasteiger partial charge in [-0.2, -0.15) is 0 Å². The highest BCUT2D eigenvalue weighted by atomic mass is 19.1. The molecule has 1 aliphatic heterocycles. The molecule has 0 spiro atoms. The number of carbonyl (C=O) groups is 1. The van der Waals surface area contributed by atoms with Gasteiger partial charge in [0.15, 0.2) is 0 Å². The molecule has 1 aliphatic rings. The Morgan fingerprint density at radius 1 is 1.43 bits per heavy atom. The quantitative estimate of drug-likeness (QED) is 0.678. The molecule has 0 aromatic heterocycles. The molecule has 0 amide bonds. The molecule has 8 heteroatoms. The zero-order valence-electron chi connectivity index (χ0n) is 11.6. The van der Waals surface area contributed by atoms with Gasteiger partial charge in [0.1, 0.15) is 11.5 Å². The van der Waals surface area contributed by atoms with Crippen LogP contribution in [0.2, 0.25) is 0 Å². The second kappa shape index (κ2) is 5.65. The minimum absolute atomic E-state index is 0.0980. The van der Waals surface area contributed by atoms with Gasteiger partial charge >= 0.3 is 5.97 Å². The third-order valence-corrected chi connectivity index (χ3v) is 3.25. The van der Waals surface area contributed by atoms with Gasteiger partial charge in [0.2, 0.25) is 0 Å². The third-order valence-electron chi connectivity index (χ3n) is 3.25. The predicted molar refractivity (Wildman–Crippen MR) is 72.2 cm³/mol. The summed E-state index contributed by atoms with van der Waals surface area (Å²) in [6.45, 7) is 4.37. The molecule has 0 aliphatic carbocycles. The minimum Gasteiger partial charge on any atom is -0.478 e. The van der Waals surface area contributed by atoms with E-state index < -0.39 is 28.0 Å². The number of nitro benzene ring substituents is 1. The third kappa shape index (κ3) is 3.10. The van der Waals surface area contributed by atoms with Crippen molar-refractivity contribution >= 4 is 17.3 Å². The van der Waals surface area contributed by atoms with Crippen molar-refractivity contribution in [3.8, 4) is 0 Å². The van der Waals surface area contributed by atoms with Crippen molar-refractivity contribution in [3.63, 3.8) is 0 Å². The molecule has 1 heterocycles. The summed E-state index contributed by atoms with van der Waals surface area (Å²) in [5.41, 5.74) is -0.929. The van der Waals surface area contributed by atoms with Crippen molar-refractivity contribution in [2.75, 3.05) is 18.0 Å². The molecule has 0 bridgehead atoms. The van der Waals surface area contributed by atoms with Crippen molar-refractivity contribution in [2.24, 2.45) is 0 Å². The van der Waals surface area contributed by atoms with Crippen LogP contribution in [-0.4, -0.2) is 41.3 Å². The molecule has 21 heavy (non-hydrogen) atoms. The van der Waals surface area contributed by atoms with Gasteiger partial charge in [0.05, 0.1) is 28.8 Å². The van der Waals surface area contributed by atoms with Gasteiger partial charge in [0, 0.05) is 13.1 Å². The van der Waals surface area contributed by atoms with Crippen LogP contribution in [0, 0.1) is 15.9 Å². The monoisotopic (exact) mass is 298 g/mol. The number of rotatable bonds is 3. The van der Waals surface area contributed by atoms with E-state index in [4.69, 9.17) is 9.84 Å². The van der Waals surface area contributed by atoms with Crippen LogP contribution in [0.4, 0.5) is 15.8 Å². The number of anilines is 1. The number of ether oxygens (including phenoxy) is 1. The first-order valence-electron chi connectivity index (χ1n) is 6.41. The maximum absolute atomic E-state index is 13.6. The van der Waals surface area contributed by atoms with E-state index in [-0.39, 0.29) is 17.9 Å². The first-order chi connectivity index (χ1) is 9.79. The van der Waals surface area contributed by atoms with Gasteiger partial charge in [-0.15, -0.1) is 0 Å². The molecular formula is C13H15FN2O5. The zero-order valence-corrected chi connectivity index (χ0v) is 11.6. The van der Waals surface area contributed by atoms with Crippen LogP contribution in [0.15, 0.2) is 12.1 Å². The van der Waals surface area contributed by atoms with Crippen molar-refractivity contribution in [1.29, 1.82) is 0 Å². The number of nitrogens with zero attached hydrogens (tertiary/aromatic N) is 2. The Hall–Kier alpha value is -2.22. The molecule has 1 aromatic carbocycles. The average molecular weight is 298 g/mol. The van der Waals surface area contributed by atoms with Gasteiger partial charge in [-0.25, -0.2) is 9.18 Å². The van der Waals surface area contributed by atoms with E-state index in [1.54, 1.807) is 4.90 Å². The number of aromatic carboxylic acids is 1. The fourth-order valence-electron chi connectivity index (χ4n) is 2.49. The Morgan fingerprint density at radius 2 is 2.00 bits per heavy atom. The minimum atomic E-state index is -1.46. The van der Waals surface area contributed by atoms with Crippen molar-refractivity contribution in [2.45, 2.75) is 26.1 Å². The normalized spacial score (nSPS) is 22.1. The molecular weight excluding hydrogens is 283 g/mol. The molecule has 1 fully saturated rings. The second-order valence-corrected chi connectivity index (χ2v) is 5.05. The van der Waals surface area contributed by atoms with E-state index in [9.17, 15) is 19.3 Å². The maximum Gasteiger partial charge on any atom is 0.338 e. The average Bonchev–Trinajstić information content (AvgIpc) is 2.36. The smallest absolute Gasteiger partial charge is 0.338 e. The van der Waals surface area contributed by atoms with Gasteiger partial charge in [-0.05, 0) is 19.9 Å². The van der Waals surface area contributed by atoms with E-state index in [1.807, 2.05) is 13.8 Å². The lowest BCUT2D eigenvalue weighted by atomic mass is 10.1. The number of carboxylic acid groups (broad SMARTS) is 1. The second-order valence-electron chi connectivity index (χ2n) is 5.05. The summed E-state index contributed by atoms with van der Waals surface area (Å²) in [4.78, 5) is 23.1. The SMILES string of the molecule is C[C@@H]1CN(c2cc(C(=O)O)c(F)cc2[N+](=O)[O-])C[C@H](C)O1. The molecule has 0 radical (unpaired) electrons. The van der Waals surface area contributed by atoms with Gasteiger partial charge < -0.3 is 14.7 Å². The van der Waals surface area contributed by atoms with Gasteiger partial charge in [-0.1, -0.05) is 0 Å². The first kappa shape index (κ1) is 15.2. The largest absolute Gasteiger partial charge is 0.478 e. The maximum atomic E-state index is 13.6. The summed E-state index contributed by atoms with van der Waals surface area (Å²) in [6, 6.07) is 1.67. The van der Waals surface area contributed by atoms with Crippen molar-refractivity contribution in [1.82, 2.24) is 0 Å². The number of hydrogen-bond acceptors (Lipinski definition) is 5. The van der Waals surface area contributed by atoms with Crippen LogP contribution < -0.4 is 4.90 Å². The Kier molecular flexibility index (Phi) is 4.08. The molecule has 2 rings (SSSR count). The van der Waals surface area contributed by atoms with Crippen molar-refractivity contribution in [3.05, 3.63) is 33.6 Å². The van der Waals surface area contributed by atoms with E-state index in [0.717, 1.165) is 6.07 Å². The number of benzene rings is 1. The Morgan fingerprint density at radius 3 is 2.48 bits per heavy atom. The van der Waals surface area contributed by atoms with Crippen LogP contribution in [-0.2, 0) is 4.74 Å². The lowest BCUT2D eigenvalue weighted by Gasteiger charge is -2.36. The number of carboxylic acids is 1. The molecule has 0 saturated carbocycles. The van der Waals surface area contributed by atoms with E-state index in [1.165, 1.54) is 0 Å². The lowest BCUT2D eigenvalue weighted by Crippen LogP contribution is -2.45. The summed E-state index contributed by atoms with van der Waals surface area (Å²) in [5.74, 6) is -2.58. The number of nitro groups is 1. The fraction of sp³-hybridized carbons (Fsp3) is 0.462. The van der Waals surface area contributed by atoms with Crippen LogP contribution >= 0.6 is 0 Å². The molecule has 1 saturated heterocycles. The van der Waals surface area contributed by atoms with E-state index >= 15 is 0 Å². The topological polar surface area (TPSA) is 92.9 Å². The molecule has 1 aromatic rings. The Labute approximate surface area is 120 Å². The molecule has 7 nitrogen and oxygen atoms in total. The van der Waals surface area contributed by atoms with Crippen molar-refractivity contribution < 1.29 is 24.0 Å². The summed E-state index contributed by atoms with van der Waals surface area (Å²) >= 11 is 0. The van der Waals surface area contributed by atoms with E-state index in [2.05, 4.69) is 0 Å². The number of halogens is 1. The number of hydrogen-bond donors (Lipinski definition) is 1. The van der Waals surface area contributed by atoms with Gasteiger partial charge in [-0.3, -0.25) is 10.1 Å².